The molecule has 0 spiro atoms. The number of carbonyl (C=O) groups excluding carboxylic acids is 2. The maximum absolute atomic E-state index is 12.1. The van der Waals surface area contributed by atoms with Gasteiger partial charge >= 0.3 is 11.9 Å². The van der Waals surface area contributed by atoms with Crippen LogP contribution in [0.1, 0.15) is 79.1 Å². The first-order chi connectivity index (χ1) is 22.8. The second kappa shape index (κ2) is 23.3. The average Bonchev–Trinajstić information content (AvgIpc) is 3.08. The third-order valence-corrected chi connectivity index (χ3v) is 8.33. The van der Waals surface area contributed by atoms with Crippen LogP contribution < -0.4 is 9.47 Å². The number of hydrogen-bond donors (Lipinski definition) is 0. The molecular weight excluding hydrogens is 620 g/mol. The Labute approximate surface area is 286 Å². The average molecular weight is 675 g/mol. The Kier molecular flexibility index (Phi) is 19.9. The molecule has 0 aliphatic carbocycles. The number of halogens is 1. The Hall–Kier alpha value is -3.07. The van der Waals surface area contributed by atoms with Crippen LogP contribution in [0.4, 0.5) is 0 Å². The lowest BCUT2D eigenvalue weighted by Crippen LogP contribution is -2.30. The number of carbonyl (C=O) groups is 2. The quantitative estimate of drug-likeness (QED) is 0.0722. The van der Waals surface area contributed by atoms with Gasteiger partial charge in [-0.1, -0.05) is 115 Å². The predicted molar refractivity (Wildman–Crippen MR) is 188 cm³/mol. The van der Waals surface area contributed by atoms with Crippen LogP contribution in [0, 0.1) is 11.8 Å². The van der Waals surface area contributed by atoms with E-state index in [0.29, 0.717) is 47.0 Å². The normalized spacial score (nSPS) is 13.7. The van der Waals surface area contributed by atoms with E-state index in [4.69, 9.17) is 40.0 Å². The first-order valence-corrected chi connectivity index (χ1v) is 17.5. The summed E-state index contributed by atoms with van der Waals surface area (Å²) in [6, 6.07) is 9.21. The molecule has 0 aliphatic heterocycles. The molecular formula is C38H55ClO8. The largest absolute Gasteiger partial charge is 0.489 e. The second-order valence-electron chi connectivity index (χ2n) is 11.8. The molecule has 0 aliphatic rings. The highest BCUT2D eigenvalue weighted by Crippen LogP contribution is 2.40. The fourth-order valence-electron chi connectivity index (χ4n) is 5.09. The highest BCUT2D eigenvalue weighted by Gasteiger charge is 2.21. The first-order valence-electron chi connectivity index (χ1n) is 17.1. The van der Waals surface area contributed by atoms with Crippen LogP contribution in [0.2, 0.25) is 5.02 Å². The monoisotopic (exact) mass is 674 g/mol. The van der Waals surface area contributed by atoms with E-state index < -0.39 is 24.1 Å². The molecule has 0 fully saturated rings. The SMILES string of the molecule is C=CC(=O)OC(COCC(CC)CCCC)COc1cc(Cl)c(OCC(COCC(CC)CCCC)OC(=O)C=C)c2ccccc12. The van der Waals surface area contributed by atoms with Crippen LogP contribution in [0.15, 0.2) is 55.6 Å². The number of unbranched alkanes of at least 4 members (excludes halogenated alkanes) is 2. The smallest absolute Gasteiger partial charge is 0.330 e. The maximum atomic E-state index is 12.1. The molecule has 0 saturated carbocycles. The lowest BCUT2D eigenvalue weighted by atomic mass is 10.0. The maximum Gasteiger partial charge on any atom is 0.330 e. The van der Waals surface area contributed by atoms with Crippen LogP contribution in [0.25, 0.3) is 10.8 Å². The van der Waals surface area contributed by atoms with Crippen molar-refractivity contribution < 1.29 is 38.0 Å². The predicted octanol–water partition coefficient (Wildman–Crippen LogP) is 8.91. The van der Waals surface area contributed by atoms with Gasteiger partial charge in [-0.25, -0.2) is 9.59 Å². The van der Waals surface area contributed by atoms with Crippen molar-refractivity contribution in [2.24, 2.45) is 11.8 Å². The summed E-state index contributed by atoms with van der Waals surface area (Å²) in [6.07, 6.45) is 9.76. The van der Waals surface area contributed by atoms with Gasteiger partial charge in [0.25, 0.3) is 0 Å². The lowest BCUT2D eigenvalue weighted by molar-refractivity contribution is -0.149. The molecule has 0 saturated heterocycles. The molecule has 8 nitrogen and oxygen atoms in total. The molecule has 0 amide bonds. The molecule has 2 aromatic rings. The Bertz CT molecular complexity index is 1230. The van der Waals surface area contributed by atoms with Crippen molar-refractivity contribution in [3.8, 4) is 11.5 Å². The standard InChI is InChI=1S/C38H55ClO8/c1-7-13-17-28(9-3)22-42-24-30(46-36(40)11-5)26-44-35-21-34(39)38(33-20-16-15-19-32(33)35)45-27-31(47-37(41)12-6)25-43-23-29(10-4)18-14-8-2/h11-12,15-16,19-21,28-31H,5-10,13-14,17-18,22-27H2,1-4H3. The Balaban J connectivity index is 2.16. The fourth-order valence-corrected chi connectivity index (χ4v) is 5.35. The summed E-state index contributed by atoms with van der Waals surface area (Å²) in [6.45, 7) is 17.3. The number of esters is 2. The molecule has 0 N–H and O–H groups in total. The molecule has 2 rings (SSSR count). The number of benzene rings is 2. The van der Waals surface area contributed by atoms with Gasteiger partial charge in [-0.2, -0.15) is 0 Å². The number of hydrogen-bond acceptors (Lipinski definition) is 8. The molecule has 47 heavy (non-hydrogen) atoms. The van der Waals surface area contributed by atoms with Crippen molar-refractivity contribution in [1.82, 2.24) is 0 Å². The topological polar surface area (TPSA) is 89.5 Å². The molecule has 4 unspecified atom stereocenters. The van der Waals surface area contributed by atoms with Gasteiger partial charge in [0.15, 0.2) is 12.2 Å². The van der Waals surface area contributed by atoms with Gasteiger partial charge in [-0.15, -0.1) is 0 Å². The second-order valence-corrected chi connectivity index (χ2v) is 12.2. The number of ether oxygens (including phenoxy) is 6. The molecule has 0 bridgehead atoms. The van der Waals surface area contributed by atoms with Gasteiger partial charge in [0.2, 0.25) is 0 Å². The number of fused-ring (bicyclic) bond motifs is 1. The zero-order valence-electron chi connectivity index (χ0n) is 28.8. The van der Waals surface area contributed by atoms with Crippen LogP contribution in [-0.2, 0) is 28.5 Å². The number of rotatable bonds is 26. The fraction of sp³-hybridized carbons (Fsp3) is 0.579. The summed E-state index contributed by atoms with van der Waals surface area (Å²) in [5, 5.41) is 1.79. The Morgan fingerprint density at radius 1 is 0.723 bits per heavy atom. The summed E-state index contributed by atoms with van der Waals surface area (Å²) in [5.41, 5.74) is 0. The minimum absolute atomic E-state index is 0.0309. The van der Waals surface area contributed by atoms with Crippen LogP contribution in [-0.4, -0.2) is 63.8 Å². The van der Waals surface area contributed by atoms with Gasteiger partial charge in [-0.3, -0.25) is 0 Å². The van der Waals surface area contributed by atoms with Crippen molar-refractivity contribution in [1.29, 1.82) is 0 Å². The zero-order chi connectivity index (χ0) is 34.4. The van der Waals surface area contributed by atoms with Crippen molar-refractivity contribution in [2.45, 2.75) is 91.3 Å². The Morgan fingerprint density at radius 3 is 1.68 bits per heavy atom. The van der Waals surface area contributed by atoms with Gasteiger partial charge in [0.1, 0.15) is 24.7 Å². The van der Waals surface area contributed by atoms with Crippen molar-refractivity contribution in [3.63, 3.8) is 0 Å². The van der Waals surface area contributed by atoms with E-state index in [2.05, 4.69) is 40.9 Å². The van der Waals surface area contributed by atoms with Crippen LogP contribution in [0.3, 0.4) is 0 Å². The van der Waals surface area contributed by atoms with Gasteiger partial charge in [0.05, 0.1) is 18.2 Å². The van der Waals surface area contributed by atoms with E-state index in [9.17, 15) is 9.59 Å². The van der Waals surface area contributed by atoms with Crippen molar-refractivity contribution in [2.75, 3.05) is 39.6 Å². The summed E-state index contributed by atoms with van der Waals surface area (Å²) in [5.74, 6) is 0.730. The van der Waals surface area contributed by atoms with Gasteiger partial charge in [-0.05, 0) is 24.7 Å². The summed E-state index contributed by atoms with van der Waals surface area (Å²) in [7, 11) is 0. The first kappa shape index (κ1) is 40.1. The van der Waals surface area contributed by atoms with Crippen LogP contribution >= 0.6 is 11.6 Å². The van der Waals surface area contributed by atoms with E-state index in [1.165, 1.54) is 0 Å². The van der Waals surface area contributed by atoms with E-state index in [-0.39, 0.29) is 26.4 Å². The lowest BCUT2D eigenvalue weighted by Gasteiger charge is -2.22. The highest BCUT2D eigenvalue weighted by molar-refractivity contribution is 6.33. The molecule has 0 aromatic heterocycles. The third-order valence-electron chi connectivity index (χ3n) is 8.05. The summed E-state index contributed by atoms with van der Waals surface area (Å²) in [4.78, 5) is 24.2. The minimum Gasteiger partial charge on any atom is -0.489 e. The van der Waals surface area contributed by atoms with E-state index in [1.807, 2.05) is 24.3 Å². The molecule has 9 heteroatoms. The summed E-state index contributed by atoms with van der Waals surface area (Å²) < 4.78 is 35.4. The molecule has 0 radical (unpaired) electrons. The van der Waals surface area contributed by atoms with Crippen molar-refractivity contribution in [3.05, 3.63) is 60.7 Å². The van der Waals surface area contributed by atoms with Gasteiger partial charge < -0.3 is 28.4 Å². The zero-order valence-corrected chi connectivity index (χ0v) is 29.6. The highest BCUT2D eigenvalue weighted by atomic mass is 35.5. The van der Waals surface area contributed by atoms with E-state index in [0.717, 1.165) is 68.9 Å². The minimum atomic E-state index is -0.662. The summed E-state index contributed by atoms with van der Waals surface area (Å²) >= 11 is 6.75. The molecule has 2 aromatic carbocycles. The third kappa shape index (κ3) is 14.7. The van der Waals surface area contributed by atoms with E-state index >= 15 is 0 Å². The molecule has 0 heterocycles. The molecule has 4 atom stereocenters. The van der Waals surface area contributed by atoms with Gasteiger partial charge in [0, 0.05) is 42.2 Å². The Morgan fingerprint density at radius 2 is 1.21 bits per heavy atom. The van der Waals surface area contributed by atoms with Crippen molar-refractivity contribution >= 4 is 34.3 Å². The van der Waals surface area contributed by atoms with E-state index in [1.54, 1.807) is 6.07 Å². The van der Waals surface area contributed by atoms with Crippen LogP contribution in [0.5, 0.6) is 11.5 Å². The molecule has 262 valence electrons.